The molecule has 0 aliphatic carbocycles. The first kappa shape index (κ1) is 18.5. The van der Waals surface area contributed by atoms with Gasteiger partial charge in [0.2, 0.25) is 0 Å². The van der Waals surface area contributed by atoms with Crippen molar-refractivity contribution in [2.45, 2.75) is 19.4 Å². The van der Waals surface area contributed by atoms with Gasteiger partial charge in [-0.15, -0.1) is 5.10 Å². The average Bonchev–Trinajstić information content (AvgIpc) is 3.05. The second kappa shape index (κ2) is 7.92. The third-order valence-corrected chi connectivity index (χ3v) is 4.17. The number of carboxylic acid groups (broad SMARTS) is 1. The number of benzene rings is 1. The Hall–Kier alpha value is -3.33. The first-order chi connectivity index (χ1) is 13.0. The number of fused-ring (bicyclic) bond motifs is 1. The zero-order valence-corrected chi connectivity index (χ0v) is 14.9. The minimum Gasteiger partial charge on any atom is -0.480 e. The van der Waals surface area contributed by atoms with Crippen molar-refractivity contribution in [3.8, 4) is 5.69 Å². The summed E-state index contributed by atoms with van der Waals surface area (Å²) in [5.41, 5.74) is 2.10. The van der Waals surface area contributed by atoms with E-state index >= 15 is 0 Å². The molecule has 1 amide bonds. The summed E-state index contributed by atoms with van der Waals surface area (Å²) in [6.45, 7) is 1.92. The zero-order chi connectivity index (χ0) is 19.4. The predicted molar refractivity (Wildman–Crippen MR) is 96.8 cm³/mol. The molecule has 2 heterocycles. The lowest BCUT2D eigenvalue weighted by atomic mass is 10.1. The number of methoxy groups -OCH3 is 1. The molecule has 0 saturated heterocycles. The number of aliphatic carboxylic acids is 1. The topological polar surface area (TPSA) is 119 Å². The summed E-state index contributed by atoms with van der Waals surface area (Å²) in [6.07, 6.45) is 1.85. The summed E-state index contributed by atoms with van der Waals surface area (Å²) in [4.78, 5) is 28.1. The molecule has 0 saturated carbocycles. The van der Waals surface area contributed by atoms with Crippen LogP contribution in [0.1, 0.15) is 22.6 Å². The van der Waals surface area contributed by atoms with E-state index in [0.717, 1.165) is 16.6 Å². The molecule has 9 heteroatoms. The molecule has 0 fully saturated rings. The lowest BCUT2D eigenvalue weighted by molar-refractivity contribution is -0.139. The summed E-state index contributed by atoms with van der Waals surface area (Å²) in [7, 11) is 1.47. The number of aromatic nitrogens is 4. The number of carboxylic acids is 1. The van der Waals surface area contributed by atoms with Crippen molar-refractivity contribution in [2.24, 2.45) is 0 Å². The van der Waals surface area contributed by atoms with Crippen molar-refractivity contribution < 1.29 is 19.4 Å². The number of nitrogens with zero attached hydrogens (tertiary/aromatic N) is 4. The van der Waals surface area contributed by atoms with Crippen LogP contribution in [0.25, 0.3) is 16.6 Å². The molecule has 2 N–H and O–H groups in total. The molecule has 0 spiro atoms. The summed E-state index contributed by atoms with van der Waals surface area (Å²) in [6, 6.07) is 8.24. The molecule has 9 nitrogen and oxygen atoms in total. The quantitative estimate of drug-likeness (QED) is 0.645. The van der Waals surface area contributed by atoms with E-state index in [4.69, 9.17) is 4.74 Å². The number of hydrogen-bond acceptors (Lipinski definition) is 6. The van der Waals surface area contributed by atoms with Crippen LogP contribution in [0.5, 0.6) is 0 Å². The van der Waals surface area contributed by atoms with E-state index in [1.165, 1.54) is 7.11 Å². The van der Waals surface area contributed by atoms with Gasteiger partial charge < -0.3 is 15.2 Å². The van der Waals surface area contributed by atoms with Gasteiger partial charge in [-0.1, -0.05) is 11.3 Å². The molecule has 3 rings (SSSR count). The first-order valence-corrected chi connectivity index (χ1v) is 8.32. The Morgan fingerprint density at radius 2 is 2.11 bits per heavy atom. The van der Waals surface area contributed by atoms with E-state index in [9.17, 15) is 14.7 Å². The molecule has 2 aromatic heterocycles. The first-order valence-electron chi connectivity index (χ1n) is 8.32. The van der Waals surface area contributed by atoms with Crippen molar-refractivity contribution in [3.05, 3.63) is 47.9 Å². The maximum absolute atomic E-state index is 12.5. The number of pyridine rings is 1. The second-order valence-electron chi connectivity index (χ2n) is 5.93. The van der Waals surface area contributed by atoms with E-state index in [-0.39, 0.29) is 18.7 Å². The molecule has 0 aliphatic heterocycles. The van der Waals surface area contributed by atoms with Gasteiger partial charge in [0.15, 0.2) is 5.69 Å². The summed E-state index contributed by atoms with van der Waals surface area (Å²) in [5.74, 6) is -1.73. The van der Waals surface area contributed by atoms with Gasteiger partial charge in [-0.3, -0.25) is 9.78 Å². The fraction of sp³-hybridized carbons (Fsp3) is 0.278. The molecule has 1 unspecified atom stereocenters. The second-order valence-corrected chi connectivity index (χ2v) is 5.93. The summed E-state index contributed by atoms with van der Waals surface area (Å²) < 4.78 is 6.43. The predicted octanol–water partition coefficient (Wildman–Crippen LogP) is 1.34. The third-order valence-electron chi connectivity index (χ3n) is 4.17. The number of hydrogen-bond donors (Lipinski definition) is 2. The van der Waals surface area contributed by atoms with Crippen molar-refractivity contribution in [1.29, 1.82) is 0 Å². The summed E-state index contributed by atoms with van der Waals surface area (Å²) in [5, 5.41) is 20.6. The highest BCUT2D eigenvalue weighted by molar-refractivity contribution is 5.96. The van der Waals surface area contributed by atoms with Crippen LogP contribution in [0.3, 0.4) is 0 Å². The molecular formula is C18H19N5O4. The molecule has 0 bridgehead atoms. The minimum absolute atomic E-state index is 0.0690. The van der Waals surface area contributed by atoms with Crippen LogP contribution in [0.15, 0.2) is 36.5 Å². The number of carbonyl (C=O) groups is 2. The van der Waals surface area contributed by atoms with Crippen LogP contribution in [0.4, 0.5) is 0 Å². The van der Waals surface area contributed by atoms with E-state index in [1.807, 2.05) is 30.3 Å². The lowest BCUT2D eigenvalue weighted by Gasteiger charge is -2.13. The van der Waals surface area contributed by atoms with Gasteiger partial charge in [-0.2, -0.15) is 0 Å². The van der Waals surface area contributed by atoms with E-state index in [1.54, 1.807) is 17.8 Å². The van der Waals surface area contributed by atoms with Crippen LogP contribution < -0.4 is 5.32 Å². The van der Waals surface area contributed by atoms with Gasteiger partial charge in [0.1, 0.15) is 6.04 Å². The molecule has 1 atom stereocenters. The number of amides is 1. The Labute approximate surface area is 155 Å². The van der Waals surface area contributed by atoms with Crippen molar-refractivity contribution >= 4 is 22.8 Å². The van der Waals surface area contributed by atoms with Crippen LogP contribution in [-0.4, -0.2) is 56.7 Å². The lowest BCUT2D eigenvalue weighted by Crippen LogP contribution is -2.41. The normalized spacial score (nSPS) is 12.1. The SMILES string of the molecule is COCCC(NC(=O)c1nnn(-c2cccc3ncccc23)c1C)C(=O)O. The van der Waals surface area contributed by atoms with Gasteiger partial charge in [-0.25, -0.2) is 9.48 Å². The van der Waals surface area contributed by atoms with Crippen molar-refractivity contribution in [2.75, 3.05) is 13.7 Å². The fourth-order valence-corrected chi connectivity index (χ4v) is 2.76. The van der Waals surface area contributed by atoms with Crippen LogP contribution >= 0.6 is 0 Å². The van der Waals surface area contributed by atoms with Crippen LogP contribution in [0, 0.1) is 6.92 Å². The van der Waals surface area contributed by atoms with E-state index in [0.29, 0.717) is 5.69 Å². The monoisotopic (exact) mass is 369 g/mol. The van der Waals surface area contributed by atoms with Gasteiger partial charge in [0.05, 0.1) is 16.9 Å². The Kier molecular flexibility index (Phi) is 5.41. The van der Waals surface area contributed by atoms with Gasteiger partial charge in [-0.05, 0) is 31.2 Å². The Bertz CT molecular complexity index is 980. The highest BCUT2D eigenvalue weighted by atomic mass is 16.5. The number of nitrogens with one attached hydrogen (secondary N) is 1. The number of rotatable bonds is 7. The standard InChI is InChI=1S/C18H19N5O4/c1-11-16(17(24)20-14(18(25)26)8-10-27-2)21-22-23(11)15-7-3-6-13-12(15)5-4-9-19-13/h3-7,9,14H,8,10H2,1-2H3,(H,20,24)(H,25,26). The molecule has 27 heavy (non-hydrogen) atoms. The third kappa shape index (κ3) is 3.77. The number of ether oxygens (including phenoxy) is 1. The summed E-state index contributed by atoms with van der Waals surface area (Å²) >= 11 is 0. The van der Waals surface area contributed by atoms with Crippen molar-refractivity contribution in [1.82, 2.24) is 25.3 Å². The van der Waals surface area contributed by atoms with Gasteiger partial charge in [0, 0.05) is 31.7 Å². The Morgan fingerprint density at radius 1 is 1.30 bits per heavy atom. The average molecular weight is 369 g/mol. The largest absolute Gasteiger partial charge is 0.480 e. The van der Waals surface area contributed by atoms with Crippen LogP contribution in [-0.2, 0) is 9.53 Å². The maximum Gasteiger partial charge on any atom is 0.326 e. The van der Waals surface area contributed by atoms with Gasteiger partial charge in [0.25, 0.3) is 5.91 Å². The molecule has 0 aliphatic rings. The smallest absolute Gasteiger partial charge is 0.326 e. The fourth-order valence-electron chi connectivity index (χ4n) is 2.76. The molecule has 0 radical (unpaired) electrons. The highest BCUT2D eigenvalue weighted by Gasteiger charge is 2.24. The molecular weight excluding hydrogens is 350 g/mol. The van der Waals surface area contributed by atoms with Crippen molar-refractivity contribution in [3.63, 3.8) is 0 Å². The molecule has 3 aromatic rings. The van der Waals surface area contributed by atoms with E-state index < -0.39 is 17.9 Å². The van der Waals surface area contributed by atoms with E-state index in [2.05, 4.69) is 20.6 Å². The Balaban J connectivity index is 1.90. The molecule has 1 aromatic carbocycles. The van der Waals surface area contributed by atoms with Crippen LogP contribution in [0.2, 0.25) is 0 Å². The Morgan fingerprint density at radius 3 is 2.85 bits per heavy atom. The molecule has 140 valence electrons. The highest BCUT2D eigenvalue weighted by Crippen LogP contribution is 2.21. The van der Waals surface area contributed by atoms with Gasteiger partial charge >= 0.3 is 5.97 Å². The maximum atomic E-state index is 12.5. The zero-order valence-electron chi connectivity index (χ0n) is 14.9. The minimum atomic E-state index is -1.13. The number of carbonyl (C=O) groups excluding carboxylic acids is 1.